The van der Waals surface area contributed by atoms with Crippen LogP contribution in [-0.4, -0.2) is 41.7 Å². The monoisotopic (exact) mass is 392 g/mol. The molecule has 7 nitrogen and oxygen atoms in total. The number of halogens is 1. The quantitative estimate of drug-likeness (QED) is 0.587. The molecule has 1 aliphatic heterocycles. The molecular formula is C19H21ClN2O5. The standard InChI is InChI=1S/C19H21ClN2O5/c20-13-7-5-12(6-8-13)9-21-16(23)11-27-17(24)10-22-18(25)14-3-1-2-4-15(14)19(22)26/h5-8,14-15H,1-4,9-11H2,(H,21,23)/t14-,15+. The van der Waals surface area contributed by atoms with E-state index >= 15 is 0 Å². The maximum Gasteiger partial charge on any atom is 0.326 e. The van der Waals surface area contributed by atoms with Crippen LogP contribution in [0.25, 0.3) is 0 Å². The second-order valence-electron chi connectivity index (χ2n) is 6.82. The summed E-state index contributed by atoms with van der Waals surface area (Å²) in [6.45, 7) is -0.620. The Morgan fingerprint density at radius 2 is 1.67 bits per heavy atom. The first kappa shape index (κ1) is 19.4. The zero-order chi connectivity index (χ0) is 19.4. The highest BCUT2D eigenvalue weighted by Crippen LogP contribution is 2.37. The molecule has 1 heterocycles. The number of carbonyl (C=O) groups is 4. The van der Waals surface area contributed by atoms with Gasteiger partial charge in [0.15, 0.2) is 6.61 Å². The molecule has 1 saturated carbocycles. The van der Waals surface area contributed by atoms with Crippen molar-refractivity contribution in [1.82, 2.24) is 10.2 Å². The van der Waals surface area contributed by atoms with Gasteiger partial charge in [-0.3, -0.25) is 24.1 Å². The van der Waals surface area contributed by atoms with Crippen LogP contribution in [0.5, 0.6) is 0 Å². The fourth-order valence-corrected chi connectivity index (χ4v) is 3.69. The second-order valence-corrected chi connectivity index (χ2v) is 7.26. The molecule has 1 N–H and O–H groups in total. The molecular weight excluding hydrogens is 372 g/mol. The number of hydrogen-bond donors (Lipinski definition) is 1. The Morgan fingerprint density at radius 1 is 1.07 bits per heavy atom. The van der Waals surface area contributed by atoms with E-state index in [9.17, 15) is 19.2 Å². The lowest BCUT2D eigenvalue weighted by atomic mass is 9.81. The summed E-state index contributed by atoms with van der Waals surface area (Å²) in [4.78, 5) is 49.4. The molecule has 144 valence electrons. The van der Waals surface area contributed by atoms with Crippen LogP contribution in [-0.2, 0) is 30.5 Å². The van der Waals surface area contributed by atoms with E-state index in [0.29, 0.717) is 17.9 Å². The number of carbonyl (C=O) groups excluding carboxylic acids is 4. The summed E-state index contributed by atoms with van der Waals surface area (Å²) in [6.07, 6.45) is 3.22. The van der Waals surface area contributed by atoms with E-state index in [4.69, 9.17) is 16.3 Å². The minimum Gasteiger partial charge on any atom is -0.454 e. The van der Waals surface area contributed by atoms with Crippen LogP contribution in [0.4, 0.5) is 0 Å². The molecule has 1 aliphatic carbocycles. The number of imide groups is 1. The minimum absolute atomic E-state index is 0.278. The molecule has 8 heteroatoms. The van der Waals surface area contributed by atoms with Crippen LogP contribution >= 0.6 is 11.6 Å². The maximum absolute atomic E-state index is 12.3. The minimum atomic E-state index is -0.767. The Labute approximate surface area is 162 Å². The van der Waals surface area contributed by atoms with E-state index in [1.165, 1.54) is 0 Å². The van der Waals surface area contributed by atoms with E-state index in [1.54, 1.807) is 24.3 Å². The third kappa shape index (κ3) is 4.66. The van der Waals surface area contributed by atoms with Crippen molar-refractivity contribution in [3.05, 3.63) is 34.9 Å². The lowest BCUT2D eigenvalue weighted by Gasteiger charge is -2.19. The smallest absolute Gasteiger partial charge is 0.326 e. The first-order valence-electron chi connectivity index (χ1n) is 8.97. The zero-order valence-corrected chi connectivity index (χ0v) is 15.5. The Balaban J connectivity index is 1.42. The van der Waals surface area contributed by atoms with Gasteiger partial charge in [-0.05, 0) is 30.5 Å². The number of ether oxygens (including phenoxy) is 1. The normalized spacial score (nSPS) is 21.7. The summed E-state index contributed by atoms with van der Waals surface area (Å²) in [6, 6.07) is 6.98. The van der Waals surface area contributed by atoms with Crippen LogP contribution in [0.15, 0.2) is 24.3 Å². The molecule has 2 fully saturated rings. The molecule has 3 amide bonds. The molecule has 0 unspecified atom stereocenters. The third-order valence-electron chi connectivity index (χ3n) is 4.99. The molecule has 2 aliphatic rings. The van der Waals surface area contributed by atoms with Crippen molar-refractivity contribution >= 4 is 35.3 Å². The van der Waals surface area contributed by atoms with Crippen molar-refractivity contribution < 1.29 is 23.9 Å². The summed E-state index contributed by atoms with van der Waals surface area (Å²) < 4.78 is 4.91. The van der Waals surface area contributed by atoms with Crippen LogP contribution in [0.2, 0.25) is 5.02 Å². The summed E-state index contributed by atoms with van der Waals surface area (Å²) in [5.74, 6) is -2.44. The van der Waals surface area contributed by atoms with Gasteiger partial charge in [0.25, 0.3) is 5.91 Å². The lowest BCUT2D eigenvalue weighted by molar-refractivity contribution is -0.154. The first-order valence-corrected chi connectivity index (χ1v) is 9.35. The maximum atomic E-state index is 12.3. The molecule has 0 aromatic heterocycles. The summed E-state index contributed by atoms with van der Waals surface area (Å²) >= 11 is 5.79. The topological polar surface area (TPSA) is 92.8 Å². The van der Waals surface area contributed by atoms with Gasteiger partial charge in [-0.15, -0.1) is 0 Å². The van der Waals surface area contributed by atoms with Gasteiger partial charge in [-0.1, -0.05) is 36.6 Å². The second kappa shape index (κ2) is 8.52. The van der Waals surface area contributed by atoms with Gasteiger partial charge in [-0.2, -0.15) is 0 Å². The molecule has 27 heavy (non-hydrogen) atoms. The Hall–Kier alpha value is -2.41. The van der Waals surface area contributed by atoms with Crippen molar-refractivity contribution in [2.75, 3.05) is 13.2 Å². The molecule has 0 spiro atoms. The van der Waals surface area contributed by atoms with Crippen LogP contribution in [0.3, 0.4) is 0 Å². The van der Waals surface area contributed by atoms with Gasteiger partial charge in [0.1, 0.15) is 6.54 Å². The number of nitrogens with zero attached hydrogens (tertiary/aromatic N) is 1. The summed E-state index contributed by atoms with van der Waals surface area (Å²) in [5.41, 5.74) is 0.856. The van der Waals surface area contributed by atoms with E-state index in [0.717, 1.165) is 23.3 Å². The van der Waals surface area contributed by atoms with E-state index in [1.807, 2.05) is 0 Å². The molecule has 3 rings (SSSR count). The highest BCUT2D eigenvalue weighted by atomic mass is 35.5. The summed E-state index contributed by atoms with van der Waals surface area (Å²) in [7, 11) is 0. The number of rotatable bonds is 6. The van der Waals surface area contributed by atoms with Gasteiger partial charge < -0.3 is 10.1 Å². The third-order valence-corrected chi connectivity index (χ3v) is 5.24. The van der Waals surface area contributed by atoms with Crippen molar-refractivity contribution in [3.63, 3.8) is 0 Å². The fourth-order valence-electron chi connectivity index (χ4n) is 3.56. The summed E-state index contributed by atoms with van der Waals surface area (Å²) in [5, 5.41) is 3.22. The van der Waals surface area contributed by atoms with Crippen molar-refractivity contribution in [3.8, 4) is 0 Å². The molecule has 0 bridgehead atoms. The molecule has 1 saturated heterocycles. The number of amides is 3. The molecule has 1 aromatic carbocycles. The van der Waals surface area contributed by atoms with E-state index in [-0.39, 0.29) is 30.2 Å². The van der Waals surface area contributed by atoms with Crippen molar-refractivity contribution in [2.24, 2.45) is 11.8 Å². The average molecular weight is 393 g/mol. The van der Waals surface area contributed by atoms with Crippen LogP contribution < -0.4 is 5.32 Å². The number of fused-ring (bicyclic) bond motifs is 1. The van der Waals surface area contributed by atoms with Crippen molar-refractivity contribution in [1.29, 1.82) is 0 Å². The largest absolute Gasteiger partial charge is 0.454 e. The van der Waals surface area contributed by atoms with Gasteiger partial charge in [-0.25, -0.2) is 0 Å². The van der Waals surface area contributed by atoms with Crippen LogP contribution in [0, 0.1) is 11.8 Å². The number of nitrogens with one attached hydrogen (secondary N) is 1. The average Bonchev–Trinajstić information content (AvgIpc) is 2.91. The molecule has 2 atom stereocenters. The van der Waals surface area contributed by atoms with Crippen LogP contribution in [0.1, 0.15) is 31.2 Å². The van der Waals surface area contributed by atoms with E-state index < -0.39 is 25.0 Å². The molecule has 1 aromatic rings. The Kier molecular flexibility index (Phi) is 6.11. The highest BCUT2D eigenvalue weighted by molar-refractivity contribution is 6.30. The van der Waals surface area contributed by atoms with Crippen molar-refractivity contribution in [2.45, 2.75) is 32.2 Å². The Bertz CT molecular complexity index is 725. The van der Waals surface area contributed by atoms with E-state index in [2.05, 4.69) is 5.32 Å². The van der Waals surface area contributed by atoms with Gasteiger partial charge in [0.2, 0.25) is 11.8 Å². The highest BCUT2D eigenvalue weighted by Gasteiger charge is 2.48. The zero-order valence-electron chi connectivity index (χ0n) is 14.8. The van der Waals surface area contributed by atoms with Gasteiger partial charge in [0, 0.05) is 11.6 Å². The first-order chi connectivity index (χ1) is 13.0. The molecule has 0 radical (unpaired) electrons. The van der Waals surface area contributed by atoms with Gasteiger partial charge in [0.05, 0.1) is 11.8 Å². The predicted molar refractivity (Wildman–Crippen MR) is 96.4 cm³/mol. The van der Waals surface area contributed by atoms with Gasteiger partial charge >= 0.3 is 5.97 Å². The fraction of sp³-hybridized carbons (Fsp3) is 0.474. The number of benzene rings is 1. The Morgan fingerprint density at radius 3 is 2.26 bits per heavy atom. The lowest BCUT2D eigenvalue weighted by Crippen LogP contribution is -2.38. The number of esters is 1. The number of likely N-dealkylation sites (tertiary alicyclic amines) is 1. The number of hydrogen-bond acceptors (Lipinski definition) is 5. The predicted octanol–water partition coefficient (Wildman–Crippen LogP) is 1.67. The SMILES string of the molecule is O=C(COC(=O)CN1C(=O)[C@H]2CCCC[C@H]2C1=O)NCc1ccc(Cl)cc1.